The fourth-order valence-corrected chi connectivity index (χ4v) is 6.61. The monoisotopic (exact) mass is 482 g/mol. The number of benzene rings is 1. The lowest BCUT2D eigenvalue weighted by molar-refractivity contribution is 0.191. The van der Waals surface area contributed by atoms with Gasteiger partial charge in [0.25, 0.3) is 0 Å². The fraction of sp³-hybridized carbons (Fsp3) is 0.636. The third-order valence-corrected chi connectivity index (χ3v) is 9.20. The van der Waals surface area contributed by atoms with Gasteiger partial charge >= 0.3 is 6.09 Å². The van der Waals surface area contributed by atoms with Gasteiger partial charge in [0.15, 0.2) is 9.84 Å². The quantitative estimate of drug-likeness (QED) is 0.660. The maximum Gasteiger partial charge on any atom is 0.405 e. The minimum absolute atomic E-state index is 0.251. The molecule has 32 heavy (non-hydrogen) atoms. The van der Waals surface area contributed by atoms with Gasteiger partial charge in [-0.3, -0.25) is 0 Å². The van der Waals surface area contributed by atoms with Gasteiger partial charge in [0, 0.05) is 31.9 Å². The molecule has 2 N–H and O–H groups in total. The van der Waals surface area contributed by atoms with Gasteiger partial charge in [-0.25, -0.2) is 13.2 Å². The standard InChI is InChI=1S/C17H25ClN2O2S.C5H6N2O2/c1-2-19-9-11-20(12-10-19)14-7-8-17(16(18)13-14)23(21,22)15-5-3-4-6-15;6-3-5(1-2-5)7-4(8)9/h7-8,13,15H,2-6,9-12H2,1H3;7H,1-2H2,(H,8,9). The van der Waals surface area contributed by atoms with E-state index in [0.29, 0.717) is 22.8 Å². The van der Waals surface area contributed by atoms with E-state index in [9.17, 15) is 13.2 Å². The van der Waals surface area contributed by atoms with Crippen LogP contribution in [0.3, 0.4) is 0 Å². The van der Waals surface area contributed by atoms with E-state index in [1.807, 2.05) is 18.2 Å². The molecule has 0 bridgehead atoms. The van der Waals surface area contributed by atoms with Crippen LogP contribution in [0.4, 0.5) is 10.5 Å². The highest BCUT2D eigenvalue weighted by atomic mass is 35.5. The molecule has 3 fully saturated rings. The Morgan fingerprint density at radius 1 is 1.25 bits per heavy atom. The van der Waals surface area contributed by atoms with Crippen LogP contribution in [-0.2, 0) is 9.84 Å². The molecular formula is C22H31ClN4O4S. The molecule has 1 aromatic carbocycles. The minimum atomic E-state index is -3.29. The van der Waals surface area contributed by atoms with Crippen LogP contribution in [-0.4, -0.2) is 68.0 Å². The van der Waals surface area contributed by atoms with Crippen molar-refractivity contribution in [1.82, 2.24) is 10.2 Å². The zero-order valence-corrected chi connectivity index (χ0v) is 20.0. The predicted octanol–water partition coefficient (Wildman–Crippen LogP) is 3.51. The number of halogens is 1. The van der Waals surface area contributed by atoms with Crippen LogP contribution in [0.25, 0.3) is 0 Å². The van der Waals surface area contributed by atoms with Crippen LogP contribution in [0, 0.1) is 11.3 Å². The summed E-state index contributed by atoms with van der Waals surface area (Å²) in [5.41, 5.74) is 0.294. The van der Waals surface area contributed by atoms with Crippen molar-refractivity contribution in [2.75, 3.05) is 37.6 Å². The summed E-state index contributed by atoms with van der Waals surface area (Å²) in [6.07, 6.45) is 3.71. The second-order valence-electron chi connectivity index (χ2n) is 8.61. The van der Waals surface area contributed by atoms with Crippen molar-refractivity contribution in [2.24, 2.45) is 0 Å². The van der Waals surface area contributed by atoms with Gasteiger partial charge in [-0.1, -0.05) is 31.4 Å². The number of nitrogens with zero attached hydrogens (tertiary/aromatic N) is 3. The van der Waals surface area contributed by atoms with Crippen molar-refractivity contribution >= 4 is 33.2 Å². The molecule has 0 spiro atoms. The van der Waals surface area contributed by atoms with Crippen LogP contribution in [0.2, 0.25) is 5.02 Å². The van der Waals surface area contributed by atoms with Gasteiger partial charge in [-0.15, -0.1) is 0 Å². The molecule has 8 nitrogen and oxygen atoms in total. The number of likely N-dealkylation sites (N-methyl/N-ethyl adjacent to an activating group) is 1. The van der Waals surface area contributed by atoms with Gasteiger partial charge < -0.3 is 20.2 Å². The maximum atomic E-state index is 12.7. The number of piperazine rings is 1. The van der Waals surface area contributed by atoms with E-state index in [2.05, 4.69) is 22.0 Å². The number of sulfone groups is 1. The van der Waals surface area contributed by atoms with E-state index < -0.39 is 21.5 Å². The molecule has 3 aliphatic rings. The van der Waals surface area contributed by atoms with Gasteiger partial charge in [-0.2, -0.15) is 5.26 Å². The third-order valence-electron chi connectivity index (χ3n) is 6.46. The molecule has 1 aromatic rings. The highest BCUT2D eigenvalue weighted by Gasteiger charge is 2.44. The van der Waals surface area contributed by atoms with E-state index in [1.54, 1.807) is 6.07 Å². The van der Waals surface area contributed by atoms with Crippen molar-refractivity contribution in [2.45, 2.75) is 61.1 Å². The van der Waals surface area contributed by atoms with Crippen LogP contribution in [0.5, 0.6) is 0 Å². The lowest BCUT2D eigenvalue weighted by atomic mass is 10.2. The Bertz CT molecular complexity index is 961. The molecule has 176 valence electrons. The number of anilines is 1. The first kappa shape index (κ1) is 24.6. The molecule has 1 saturated heterocycles. The van der Waals surface area contributed by atoms with Crippen molar-refractivity contribution in [3.63, 3.8) is 0 Å². The minimum Gasteiger partial charge on any atom is -0.465 e. The molecule has 0 unspecified atom stereocenters. The Balaban J connectivity index is 0.000000269. The third kappa shape index (κ3) is 5.85. The van der Waals surface area contributed by atoms with Gasteiger partial charge in [0.1, 0.15) is 5.54 Å². The van der Waals surface area contributed by atoms with E-state index in [1.165, 1.54) is 0 Å². The van der Waals surface area contributed by atoms with Crippen LogP contribution in [0.15, 0.2) is 23.1 Å². The molecule has 1 heterocycles. The molecular weight excluding hydrogens is 452 g/mol. The van der Waals surface area contributed by atoms with Crippen molar-refractivity contribution < 1.29 is 18.3 Å². The molecule has 2 saturated carbocycles. The average Bonchev–Trinajstić information content (AvgIpc) is 3.30. The average molecular weight is 483 g/mol. The summed E-state index contributed by atoms with van der Waals surface area (Å²) in [4.78, 5) is 15.0. The SMILES string of the molecule is CCN1CCN(c2ccc(S(=O)(=O)C3CCCC3)c(Cl)c2)CC1.N#CC1(NC(=O)O)CC1. The smallest absolute Gasteiger partial charge is 0.405 e. The number of amides is 1. The van der Waals surface area contributed by atoms with Gasteiger partial charge in [-0.05, 0) is 50.4 Å². The van der Waals surface area contributed by atoms with E-state index in [4.69, 9.17) is 22.0 Å². The zero-order valence-electron chi connectivity index (χ0n) is 18.4. The molecule has 0 aromatic heterocycles. The Labute approximate surface area is 195 Å². The number of carbonyl (C=O) groups is 1. The van der Waals surface area contributed by atoms with Crippen LogP contribution >= 0.6 is 11.6 Å². The summed E-state index contributed by atoms with van der Waals surface area (Å²) in [5, 5.41) is 18.7. The summed E-state index contributed by atoms with van der Waals surface area (Å²) in [5.74, 6) is 0. The van der Waals surface area contributed by atoms with Crippen molar-refractivity contribution in [3.8, 4) is 6.07 Å². The second-order valence-corrected chi connectivity index (χ2v) is 11.2. The maximum absolute atomic E-state index is 12.7. The number of carboxylic acid groups (broad SMARTS) is 1. The summed E-state index contributed by atoms with van der Waals surface area (Å²) >= 11 is 6.35. The fourth-order valence-electron chi connectivity index (χ4n) is 4.21. The summed E-state index contributed by atoms with van der Waals surface area (Å²) in [6, 6.07) is 7.33. The molecule has 0 radical (unpaired) electrons. The first-order valence-electron chi connectivity index (χ1n) is 11.1. The molecule has 0 atom stereocenters. The Morgan fingerprint density at radius 2 is 1.88 bits per heavy atom. The molecule has 2 aliphatic carbocycles. The van der Waals surface area contributed by atoms with E-state index >= 15 is 0 Å². The van der Waals surface area contributed by atoms with Crippen LogP contribution < -0.4 is 10.2 Å². The first-order valence-corrected chi connectivity index (χ1v) is 13.1. The molecule has 1 amide bonds. The van der Waals surface area contributed by atoms with Gasteiger partial charge in [0.05, 0.1) is 21.2 Å². The van der Waals surface area contributed by atoms with Crippen molar-refractivity contribution in [1.29, 1.82) is 5.26 Å². The topological polar surface area (TPSA) is 114 Å². The largest absolute Gasteiger partial charge is 0.465 e. The highest BCUT2D eigenvalue weighted by molar-refractivity contribution is 7.92. The van der Waals surface area contributed by atoms with Gasteiger partial charge in [0.2, 0.25) is 0 Å². The second kappa shape index (κ2) is 10.3. The molecule has 4 rings (SSSR count). The Morgan fingerprint density at radius 3 is 2.31 bits per heavy atom. The highest BCUT2D eigenvalue weighted by Crippen LogP contribution is 2.35. The zero-order chi connectivity index (χ0) is 23.4. The first-order chi connectivity index (χ1) is 15.2. The summed E-state index contributed by atoms with van der Waals surface area (Å²) in [7, 11) is -3.29. The number of nitrogens with one attached hydrogen (secondary N) is 1. The summed E-state index contributed by atoms with van der Waals surface area (Å²) in [6.45, 7) is 7.24. The number of hydrogen-bond acceptors (Lipinski definition) is 6. The number of hydrogen-bond donors (Lipinski definition) is 2. The normalized spacial score (nSPS) is 20.7. The Hall–Kier alpha value is -2.02. The summed E-state index contributed by atoms with van der Waals surface area (Å²) < 4.78 is 25.4. The molecule has 10 heteroatoms. The predicted molar refractivity (Wildman–Crippen MR) is 124 cm³/mol. The van der Waals surface area contributed by atoms with Crippen LogP contribution in [0.1, 0.15) is 45.4 Å². The van der Waals surface area contributed by atoms with E-state index in [0.717, 1.165) is 64.1 Å². The van der Waals surface area contributed by atoms with E-state index in [-0.39, 0.29) is 5.25 Å². The number of nitriles is 1. The lowest BCUT2D eigenvalue weighted by Crippen LogP contribution is -2.46. The molecule has 1 aliphatic heterocycles. The Kier molecular flexibility index (Phi) is 7.91. The van der Waals surface area contributed by atoms with Crippen molar-refractivity contribution in [3.05, 3.63) is 23.2 Å². The lowest BCUT2D eigenvalue weighted by Gasteiger charge is -2.35. The number of rotatable bonds is 5.